The number of hydrogen-bond donors (Lipinski definition) is 0. The molecule has 0 aliphatic rings. The number of aromatic nitrogens is 1. The summed E-state index contributed by atoms with van der Waals surface area (Å²) in [6, 6.07) is 1.43. The van der Waals surface area contributed by atoms with E-state index in [-0.39, 0.29) is 5.82 Å². The highest BCUT2D eigenvalue weighted by Crippen LogP contribution is 2.03. The van der Waals surface area contributed by atoms with Gasteiger partial charge in [-0.05, 0) is 18.1 Å². The Labute approximate surface area is 75.9 Å². The lowest BCUT2D eigenvalue weighted by Gasteiger charge is -1.91. The van der Waals surface area contributed by atoms with Crippen molar-refractivity contribution in [2.75, 3.05) is 5.88 Å². The van der Waals surface area contributed by atoms with Crippen LogP contribution < -0.4 is 0 Å². The molecule has 64 valence electrons. The molecule has 0 aromatic carbocycles. The maximum absolute atomic E-state index is 12.6. The molecule has 1 aromatic heterocycles. The molecule has 12 heavy (non-hydrogen) atoms. The highest BCUT2D eigenvalue weighted by Gasteiger charge is 1.89. The molecule has 0 N–H and O–H groups in total. The van der Waals surface area contributed by atoms with Gasteiger partial charge in [0.05, 0.1) is 6.20 Å². The molecular formula is C9H9ClFN. The molecule has 1 rings (SSSR count). The van der Waals surface area contributed by atoms with Gasteiger partial charge >= 0.3 is 0 Å². The zero-order valence-corrected chi connectivity index (χ0v) is 7.26. The van der Waals surface area contributed by atoms with Crippen LogP contribution in [-0.4, -0.2) is 10.9 Å². The smallest absolute Gasteiger partial charge is 0.142 e. The van der Waals surface area contributed by atoms with Crippen LogP contribution in [0.2, 0.25) is 0 Å². The van der Waals surface area contributed by atoms with E-state index in [1.165, 1.54) is 12.3 Å². The maximum atomic E-state index is 12.6. The fourth-order valence-corrected chi connectivity index (χ4v) is 0.928. The predicted molar refractivity (Wildman–Crippen MR) is 48.6 cm³/mol. The molecule has 1 nitrogen and oxygen atoms in total. The van der Waals surface area contributed by atoms with Crippen molar-refractivity contribution in [2.24, 2.45) is 0 Å². The SMILES string of the molecule is Fc1cncc(/C=C/CCCl)c1. The van der Waals surface area contributed by atoms with Crippen LogP contribution in [0.1, 0.15) is 12.0 Å². The topological polar surface area (TPSA) is 12.9 Å². The molecule has 0 spiro atoms. The lowest BCUT2D eigenvalue weighted by Crippen LogP contribution is -1.79. The normalized spacial score (nSPS) is 10.8. The van der Waals surface area contributed by atoms with Gasteiger partial charge < -0.3 is 0 Å². The third-order valence-electron chi connectivity index (χ3n) is 1.31. The minimum atomic E-state index is -0.317. The Hall–Kier alpha value is -0.890. The lowest BCUT2D eigenvalue weighted by molar-refractivity contribution is 0.621. The summed E-state index contributed by atoms with van der Waals surface area (Å²) >= 11 is 5.46. The average Bonchev–Trinajstić information content (AvgIpc) is 2.05. The molecular weight excluding hydrogens is 177 g/mol. The van der Waals surface area contributed by atoms with Crippen LogP contribution >= 0.6 is 11.6 Å². The van der Waals surface area contributed by atoms with Gasteiger partial charge in [0.15, 0.2) is 0 Å². The number of pyridine rings is 1. The molecule has 0 bridgehead atoms. The first-order valence-electron chi connectivity index (χ1n) is 3.66. The first-order chi connectivity index (χ1) is 5.83. The van der Waals surface area contributed by atoms with Crippen molar-refractivity contribution >= 4 is 17.7 Å². The summed E-state index contributed by atoms with van der Waals surface area (Å²) in [5, 5.41) is 0. The van der Waals surface area contributed by atoms with Crippen LogP contribution in [0, 0.1) is 5.82 Å². The van der Waals surface area contributed by atoms with Crippen molar-refractivity contribution in [3.05, 3.63) is 35.9 Å². The van der Waals surface area contributed by atoms with Gasteiger partial charge in [-0.15, -0.1) is 11.6 Å². The molecule has 0 amide bonds. The molecule has 0 saturated heterocycles. The van der Waals surface area contributed by atoms with Crippen LogP contribution in [-0.2, 0) is 0 Å². The van der Waals surface area contributed by atoms with Crippen LogP contribution in [0.15, 0.2) is 24.5 Å². The summed E-state index contributed by atoms with van der Waals surface area (Å²) in [6.45, 7) is 0. The van der Waals surface area contributed by atoms with E-state index in [1.807, 2.05) is 6.08 Å². The van der Waals surface area contributed by atoms with Crippen molar-refractivity contribution in [1.82, 2.24) is 4.98 Å². The van der Waals surface area contributed by atoms with E-state index >= 15 is 0 Å². The van der Waals surface area contributed by atoms with Crippen LogP contribution in [0.4, 0.5) is 4.39 Å². The summed E-state index contributed by atoms with van der Waals surface area (Å²) < 4.78 is 12.6. The van der Waals surface area contributed by atoms with Gasteiger partial charge in [0.1, 0.15) is 5.82 Å². The predicted octanol–water partition coefficient (Wildman–Crippen LogP) is 2.86. The van der Waals surface area contributed by atoms with Gasteiger partial charge in [0.25, 0.3) is 0 Å². The van der Waals surface area contributed by atoms with E-state index in [9.17, 15) is 4.39 Å². The Morgan fingerprint density at radius 3 is 3.00 bits per heavy atom. The third-order valence-corrected chi connectivity index (χ3v) is 1.53. The van der Waals surface area contributed by atoms with Gasteiger partial charge in [-0.3, -0.25) is 4.98 Å². The minimum absolute atomic E-state index is 0.317. The Morgan fingerprint density at radius 2 is 2.33 bits per heavy atom. The molecule has 1 aromatic rings. The summed E-state index contributed by atoms with van der Waals surface area (Å²) in [7, 11) is 0. The molecule has 3 heteroatoms. The maximum Gasteiger partial charge on any atom is 0.142 e. The summed E-state index contributed by atoms with van der Waals surface area (Å²) in [6.07, 6.45) is 7.27. The molecule has 0 fully saturated rings. The van der Waals surface area contributed by atoms with Crippen LogP contribution in [0.5, 0.6) is 0 Å². The Morgan fingerprint density at radius 1 is 1.50 bits per heavy atom. The Bertz CT molecular complexity index is 273. The van der Waals surface area contributed by atoms with E-state index in [0.717, 1.165) is 12.0 Å². The summed E-state index contributed by atoms with van der Waals surface area (Å²) in [5.74, 6) is 0.266. The van der Waals surface area contributed by atoms with Gasteiger partial charge in [0.2, 0.25) is 0 Å². The Balaban J connectivity index is 2.63. The van der Waals surface area contributed by atoms with Crippen molar-refractivity contribution in [3.8, 4) is 0 Å². The molecule has 0 atom stereocenters. The second-order valence-corrected chi connectivity index (χ2v) is 2.69. The molecule has 0 aliphatic heterocycles. The van der Waals surface area contributed by atoms with Gasteiger partial charge in [-0.1, -0.05) is 12.2 Å². The second-order valence-electron chi connectivity index (χ2n) is 2.32. The minimum Gasteiger partial charge on any atom is -0.261 e. The van der Waals surface area contributed by atoms with Gasteiger partial charge in [-0.25, -0.2) is 4.39 Å². The van der Waals surface area contributed by atoms with Gasteiger partial charge in [0, 0.05) is 12.1 Å². The van der Waals surface area contributed by atoms with E-state index in [4.69, 9.17) is 11.6 Å². The average molecular weight is 186 g/mol. The zero-order valence-electron chi connectivity index (χ0n) is 6.50. The van der Waals surface area contributed by atoms with Crippen LogP contribution in [0.3, 0.4) is 0 Å². The van der Waals surface area contributed by atoms with Gasteiger partial charge in [-0.2, -0.15) is 0 Å². The molecule has 0 aliphatic carbocycles. The molecule has 0 radical (unpaired) electrons. The Kier molecular flexibility index (Phi) is 3.74. The number of rotatable bonds is 3. The number of allylic oxidation sites excluding steroid dienone is 1. The van der Waals surface area contributed by atoms with E-state index in [2.05, 4.69) is 4.98 Å². The summed E-state index contributed by atoms with van der Waals surface area (Å²) in [4.78, 5) is 3.70. The molecule has 0 unspecified atom stereocenters. The van der Waals surface area contributed by atoms with Crippen molar-refractivity contribution < 1.29 is 4.39 Å². The lowest BCUT2D eigenvalue weighted by atomic mass is 10.2. The summed E-state index contributed by atoms with van der Waals surface area (Å²) in [5.41, 5.74) is 0.764. The first-order valence-corrected chi connectivity index (χ1v) is 4.19. The van der Waals surface area contributed by atoms with E-state index < -0.39 is 0 Å². The number of halogens is 2. The van der Waals surface area contributed by atoms with Crippen molar-refractivity contribution in [2.45, 2.75) is 6.42 Å². The number of alkyl halides is 1. The monoisotopic (exact) mass is 185 g/mol. The number of hydrogen-bond acceptors (Lipinski definition) is 1. The highest BCUT2D eigenvalue weighted by atomic mass is 35.5. The van der Waals surface area contributed by atoms with E-state index in [0.29, 0.717) is 5.88 Å². The zero-order chi connectivity index (χ0) is 8.81. The number of nitrogens with zero attached hydrogens (tertiary/aromatic N) is 1. The highest BCUT2D eigenvalue weighted by molar-refractivity contribution is 6.17. The van der Waals surface area contributed by atoms with Crippen LogP contribution in [0.25, 0.3) is 6.08 Å². The molecule has 1 heterocycles. The van der Waals surface area contributed by atoms with Crippen molar-refractivity contribution in [1.29, 1.82) is 0 Å². The standard InChI is InChI=1S/C9H9ClFN/c10-4-2-1-3-8-5-9(11)7-12-6-8/h1,3,5-7H,2,4H2/b3-1+. The fraction of sp³-hybridized carbons (Fsp3) is 0.222. The first kappa shape index (κ1) is 9.20. The fourth-order valence-electron chi connectivity index (χ4n) is 0.802. The largest absolute Gasteiger partial charge is 0.261 e. The third kappa shape index (κ3) is 3.01. The quantitative estimate of drug-likeness (QED) is 0.660. The molecule has 0 saturated carbocycles. The van der Waals surface area contributed by atoms with Crippen molar-refractivity contribution in [3.63, 3.8) is 0 Å². The second kappa shape index (κ2) is 4.88. The van der Waals surface area contributed by atoms with E-state index in [1.54, 1.807) is 12.3 Å².